The van der Waals surface area contributed by atoms with Crippen molar-refractivity contribution in [2.24, 2.45) is 5.92 Å². The summed E-state index contributed by atoms with van der Waals surface area (Å²) in [5, 5.41) is 0. The number of carbonyl (C=O) groups excluding carboxylic acids is 2. The van der Waals surface area contributed by atoms with E-state index < -0.39 is 0 Å². The lowest BCUT2D eigenvalue weighted by atomic mass is 10.0. The van der Waals surface area contributed by atoms with Gasteiger partial charge in [-0.15, -0.1) is 0 Å². The highest BCUT2D eigenvalue weighted by atomic mass is 16.5. The Bertz CT molecular complexity index is 1220. The first-order valence-electron chi connectivity index (χ1n) is 10.9. The SMILES string of the molecule is COc1cccc(N2C[C@@H](C(=O)N3CCC(n4c(=O)oc5ccccc54)CC3)CC2=O)c1. The van der Waals surface area contributed by atoms with Gasteiger partial charge in [-0.05, 0) is 37.1 Å². The van der Waals surface area contributed by atoms with Crippen molar-refractivity contribution in [3.05, 3.63) is 59.1 Å². The number of likely N-dealkylation sites (tertiary alicyclic amines) is 1. The topological polar surface area (TPSA) is 85.0 Å². The lowest BCUT2D eigenvalue weighted by Gasteiger charge is -2.33. The number of amides is 2. The first kappa shape index (κ1) is 20.4. The maximum absolute atomic E-state index is 13.2. The summed E-state index contributed by atoms with van der Waals surface area (Å²) in [4.78, 5) is 41.6. The van der Waals surface area contributed by atoms with Crippen LogP contribution < -0.4 is 15.4 Å². The molecule has 2 amide bonds. The second-order valence-corrected chi connectivity index (χ2v) is 8.37. The molecule has 0 radical (unpaired) electrons. The standard InChI is InChI=1S/C24H25N3O5/c1-31-19-6-4-5-18(14-19)26-15-16(13-22(26)28)23(29)25-11-9-17(10-12-25)27-20-7-2-3-8-21(20)32-24(27)30/h2-8,14,16-17H,9-13,15H2,1H3/t16-/m0/s1. The Morgan fingerprint density at radius 1 is 1.06 bits per heavy atom. The van der Waals surface area contributed by atoms with Gasteiger partial charge in [0.05, 0.1) is 18.5 Å². The van der Waals surface area contributed by atoms with Gasteiger partial charge >= 0.3 is 5.76 Å². The largest absolute Gasteiger partial charge is 0.497 e. The average molecular weight is 435 g/mol. The Morgan fingerprint density at radius 3 is 2.62 bits per heavy atom. The molecule has 0 unspecified atom stereocenters. The molecular formula is C24H25N3O5. The van der Waals surface area contributed by atoms with Gasteiger partial charge in [-0.2, -0.15) is 0 Å². The quantitative estimate of drug-likeness (QED) is 0.629. The highest BCUT2D eigenvalue weighted by Gasteiger charge is 2.38. The van der Waals surface area contributed by atoms with Gasteiger partial charge in [0.2, 0.25) is 11.8 Å². The summed E-state index contributed by atoms with van der Waals surface area (Å²) >= 11 is 0. The molecule has 2 saturated heterocycles. The van der Waals surface area contributed by atoms with Crippen molar-refractivity contribution in [1.82, 2.24) is 9.47 Å². The number of benzene rings is 2. The second-order valence-electron chi connectivity index (χ2n) is 8.37. The van der Waals surface area contributed by atoms with E-state index in [1.807, 2.05) is 47.4 Å². The molecule has 2 aliphatic rings. The predicted molar refractivity (Wildman–Crippen MR) is 119 cm³/mol. The molecule has 1 aromatic heterocycles. The Balaban J connectivity index is 1.25. The monoisotopic (exact) mass is 435 g/mol. The smallest absolute Gasteiger partial charge is 0.420 e. The van der Waals surface area contributed by atoms with Crippen LogP contribution in [-0.4, -0.2) is 48.0 Å². The van der Waals surface area contributed by atoms with Gasteiger partial charge in [-0.3, -0.25) is 14.2 Å². The molecular weight excluding hydrogens is 410 g/mol. The van der Waals surface area contributed by atoms with E-state index in [2.05, 4.69) is 0 Å². The Hall–Kier alpha value is -3.55. The second kappa shape index (κ2) is 8.18. The summed E-state index contributed by atoms with van der Waals surface area (Å²) in [6.45, 7) is 1.48. The van der Waals surface area contributed by atoms with Gasteiger partial charge in [0.15, 0.2) is 5.58 Å². The number of hydrogen-bond donors (Lipinski definition) is 0. The minimum absolute atomic E-state index is 0.00584. The zero-order valence-corrected chi connectivity index (χ0v) is 17.9. The summed E-state index contributed by atoms with van der Waals surface area (Å²) in [6, 6.07) is 14.7. The molecule has 8 nitrogen and oxygen atoms in total. The first-order valence-corrected chi connectivity index (χ1v) is 10.9. The molecule has 0 aliphatic carbocycles. The van der Waals surface area contributed by atoms with E-state index in [1.54, 1.807) is 22.6 Å². The number of piperidine rings is 1. The van der Waals surface area contributed by atoms with Crippen LogP contribution in [-0.2, 0) is 9.59 Å². The number of rotatable bonds is 4. The van der Waals surface area contributed by atoms with Gasteiger partial charge in [-0.25, -0.2) is 4.79 Å². The van der Waals surface area contributed by atoms with Crippen LogP contribution >= 0.6 is 0 Å². The van der Waals surface area contributed by atoms with Crippen LogP contribution in [0.4, 0.5) is 5.69 Å². The van der Waals surface area contributed by atoms with Crippen molar-refractivity contribution >= 4 is 28.6 Å². The molecule has 0 spiro atoms. The van der Waals surface area contributed by atoms with Crippen molar-refractivity contribution in [3.63, 3.8) is 0 Å². The van der Waals surface area contributed by atoms with E-state index in [9.17, 15) is 14.4 Å². The average Bonchev–Trinajstić information content (AvgIpc) is 3.38. The molecule has 32 heavy (non-hydrogen) atoms. The predicted octanol–water partition coefficient (Wildman–Crippen LogP) is 2.82. The van der Waals surface area contributed by atoms with Crippen LogP contribution in [0.3, 0.4) is 0 Å². The fraction of sp³-hybridized carbons (Fsp3) is 0.375. The molecule has 166 valence electrons. The minimum Gasteiger partial charge on any atom is -0.497 e. The van der Waals surface area contributed by atoms with Crippen molar-refractivity contribution in [1.29, 1.82) is 0 Å². The number of ether oxygens (including phenoxy) is 1. The summed E-state index contributed by atoms with van der Waals surface area (Å²) in [5.41, 5.74) is 2.12. The van der Waals surface area contributed by atoms with Crippen LogP contribution in [0.1, 0.15) is 25.3 Å². The molecule has 2 fully saturated rings. The molecule has 8 heteroatoms. The molecule has 3 aromatic rings. The highest BCUT2D eigenvalue weighted by molar-refractivity contribution is 6.00. The Labute approximate surface area is 185 Å². The molecule has 5 rings (SSSR count). The highest BCUT2D eigenvalue weighted by Crippen LogP contribution is 2.31. The number of fused-ring (bicyclic) bond motifs is 1. The van der Waals surface area contributed by atoms with Gasteiger partial charge in [0.25, 0.3) is 0 Å². The normalized spacial score (nSPS) is 19.7. The number of aromatic nitrogens is 1. The molecule has 0 bridgehead atoms. The molecule has 2 aliphatic heterocycles. The van der Waals surface area contributed by atoms with Crippen LogP contribution in [0.2, 0.25) is 0 Å². The van der Waals surface area contributed by atoms with Crippen LogP contribution in [0, 0.1) is 5.92 Å². The summed E-state index contributed by atoms with van der Waals surface area (Å²) < 4.78 is 12.3. The lowest BCUT2D eigenvalue weighted by molar-refractivity contribution is -0.137. The summed E-state index contributed by atoms with van der Waals surface area (Å²) in [7, 11) is 1.58. The fourth-order valence-corrected chi connectivity index (χ4v) is 4.83. The molecule has 1 atom stereocenters. The maximum atomic E-state index is 13.2. The number of oxazole rings is 1. The van der Waals surface area contributed by atoms with Crippen molar-refractivity contribution in [3.8, 4) is 5.75 Å². The van der Waals surface area contributed by atoms with E-state index in [0.29, 0.717) is 43.8 Å². The maximum Gasteiger partial charge on any atom is 0.420 e. The van der Waals surface area contributed by atoms with E-state index in [4.69, 9.17) is 9.15 Å². The van der Waals surface area contributed by atoms with E-state index in [0.717, 1.165) is 11.2 Å². The Kier molecular flexibility index (Phi) is 5.20. The minimum atomic E-state index is -0.359. The number of nitrogens with zero attached hydrogens (tertiary/aromatic N) is 3. The van der Waals surface area contributed by atoms with Gasteiger partial charge in [0.1, 0.15) is 5.75 Å². The summed E-state index contributed by atoms with van der Waals surface area (Å²) in [5.74, 6) is -0.0855. The van der Waals surface area contributed by atoms with Crippen molar-refractivity contribution < 1.29 is 18.7 Å². The van der Waals surface area contributed by atoms with Crippen molar-refractivity contribution in [2.75, 3.05) is 31.6 Å². The number of methoxy groups -OCH3 is 1. The van der Waals surface area contributed by atoms with Gasteiger partial charge < -0.3 is 19.0 Å². The number of carbonyl (C=O) groups is 2. The summed E-state index contributed by atoms with van der Waals surface area (Å²) in [6.07, 6.45) is 1.56. The Morgan fingerprint density at radius 2 is 1.84 bits per heavy atom. The van der Waals surface area contributed by atoms with E-state index in [1.165, 1.54) is 0 Å². The first-order chi connectivity index (χ1) is 15.5. The zero-order chi connectivity index (χ0) is 22.2. The van der Waals surface area contributed by atoms with E-state index in [-0.39, 0.29) is 36.0 Å². The third-order valence-electron chi connectivity index (χ3n) is 6.50. The molecule has 2 aromatic carbocycles. The number of hydrogen-bond acceptors (Lipinski definition) is 5. The lowest BCUT2D eigenvalue weighted by Crippen LogP contribution is -2.43. The van der Waals surface area contributed by atoms with Crippen LogP contribution in [0.25, 0.3) is 11.1 Å². The van der Waals surface area contributed by atoms with E-state index >= 15 is 0 Å². The van der Waals surface area contributed by atoms with Crippen molar-refractivity contribution in [2.45, 2.75) is 25.3 Å². The zero-order valence-electron chi connectivity index (χ0n) is 17.9. The molecule has 0 saturated carbocycles. The molecule has 0 N–H and O–H groups in total. The third kappa shape index (κ3) is 3.55. The molecule has 3 heterocycles. The fourth-order valence-electron chi connectivity index (χ4n) is 4.83. The van der Waals surface area contributed by atoms with Crippen LogP contribution in [0.15, 0.2) is 57.7 Å². The van der Waals surface area contributed by atoms with Gasteiger partial charge in [-0.1, -0.05) is 18.2 Å². The van der Waals surface area contributed by atoms with Crippen LogP contribution in [0.5, 0.6) is 5.75 Å². The number of para-hydroxylation sites is 2. The van der Waals surface area contributed by atoms with Gasteiger partial charge in [0, 0.05) is 43.9 Å². The number of anilines is 1. The third-order valence-corrected chi connectivity index (χ3v) is 6.50.